The molecule has 1 fully saturated rings. The molecule has 3 heterocycles. The maximum atomic E-state index is 11.7. The van der Waals surface area contributed by atoms with E-state index >= 15 is 0 Å². The second-order valence-corrected chi connectivity index (χ2v) is 4.54. The van der Waals surface area contributed by atoms with Gasteiger partial charge in [0.05, 0.1) is 17.3 Å². The molecule has 0 aromatic carbocycles. The van der Waals surface area contributed by atoms with Crippen LogP contribution in [0.15, 0.2) is 18.5 Å². The van der Waals surface area contributed by atoms with Crippen LogP contribution >= 0.6 is 0 Å². The van der Waals surface area contributed by atoms with Crippen LogP contribution in [-0.4, -0.2) is 40.3 Å². The molecule has 94 valence electrons. The fourth-order valence-electron chi connectivity index (χ4n) is 2.46. The molecule has 0 aliphatic carbocycles. The second-order valence-electron chi connectivity index (χ2n) is 4.54. The van der Waals surface area contributed by atoms with Gasteiger partial charge < -0.3 is 10.2 Å². The number of anilines is 1. The van der Waals surface area contributed by atoms with Crippen molar-refractivity contribution in [1.29, 1.82) is 0 Å². The Kier molecular flexibility index (Phi) is 2.43. The van der Waals surface area contributed by atoms with Gasteiger partial charge in [-0.2, -0.15) is 5.10 Å². The summed E-state index contributed by atoms with van der Waals surface area (Å²) in [6.45, 7) is 0.745. The van der Waals surface area contributed by atoms with E-state index in [2.05, 4.69) is 15.4 Å². The maximum absolute atomic E-state index is 11.7. The lowest BCUT2D eigenvalue weighted by molar-refractivity contribution is -0.120. The number of pyridine rings is 1. The number of rotatable bonds is 2. The first-order valence-corrected chi connectivity index (χ1v) is 5.96. The summed E-state index contributed by atoms with van der Waals surface area (Å²) in [7, 11) is 3.80. The third-order valence-corrected chi connectivity index (χ3v) is 3.48. The lowest BCUT2D eigenvalue weighted by Crippen LogP contribution is -2.38. The van der Waals surface area contributed by atoms with Gasteiger partial charge in [-0.1, -0.05) is 0 Å². The number of hydrogen-bond donors (Lipinski definition) is 1. The summed E-state index contributed by atoms with van der Waals surface area (Å²) in [6, 6.07) is 1.83. The lowest BCUT2D eigenvalue weighted by atomic mass is 10.2. The summed E-state index contributed by atoms with van der Waals surface area (Å²) in [4.78, 5) is 18.1. The number of amides is 1. The molecule has 6 heteroatoms. The number of nitrogens with one attached hydrogen (secondary N) is 1. The normalized spacial score (nSPS) is 19.2. The molecule has 1 atom stereocenters. The van der Waals surface area contributed by atoms with Crippen molar-refractivity contribution in [3.8, 4) is 0 Å². The number of nitrogens with zero attached hydrogens (tertiary/aromatic N) is 4. The van der Waals surface area contributed by atoms with Crippen molar-refractivity contribution in [1.82, 2.24) is 20.1 Å². The van der Waals surface area contributed by atoms with E-state index in [4.69, 9.17) is 0 Å². The van der Waals surface area contributed by atoms with Crippen LogP contribution in [0.3, 0.4) is 0 Å². The van der Waals surface area contributed by atoms with Crippen molar-refractivity contribution in [2.24, 2.45) is 7.05 Å². The average molecular weight is 245 g/mol. The van der Waals surface area contributed by atoms with Crippen LogP contribution in [0.1, 0.15) is 6.42 Å². The van der Waals surface area contributed by atoms with Gasteiger partial charge in [0.1, 0.15) is 6.04 Å². The van der Waals surface area contributed by atoms with Crippen LogP contribution in [0.2, 0.25) is 0 Å². The van der Waals surface area contributed by atoms with Crippen molar-refractivity contribution < 1.29 is 4.79 Å². The average Bonchev–Trinajstić information content (AvgIpc) is 2.95. The predicted octanol–water partition coefficient (Wildman–Crippen LogP) is 0.293. The molecular weight excluding hydrogens is 230 g/mol. The molecule has 1 aliphatic heterocycles. The van der Waals surface area contributed by atoms with E-state index in [1.165, 1.54) is 0 Å². The zero-order valence-electron chi connectivity index (χ0n) is 10.4. The molecule has 1 aliphatic rings. The predicted molar refractivity (Wildman–Crippen MR) is 68.3 cm³/mol. The molecule has 2 aromatic rings. The van der Waals surface area contributed by atoms with Crippen LogP contribution in [0.25, 0.3) is 11.0 Å². The SMILES string of the molecule is CN(c1ccnc2c1cnn2C)C1CCNC1=O. The molecule has 1 amide bonds. The van der Waals surface area contributed by atoms with Gasteiger partial charge in [0.15, 0.2) is 5.65 Å². The standard InChI is InChI=1S/C12H15N5O/c1-16(10-4-6-14-12(10)18)9-3-5-13-11-8(9)7-15-17(11)2/h3,5,7,10H,4,6H2,1-2H3,(H,14,18). The lowest BCUT2D eigenvalue weighted by Gasteiger charge is -2.24. The van der Waals surface area contributed by atoms with Gasteiger partial charge in [-0.05, 0) is 12.5 Å². The first-order chi connectivity index (χ1) is 8.68. The van der Waals surface area contributed by atoms with Crippen molar-refractivity contribution in [2.45, 2.75) is 12.5 Å². The minimum atomic E-state index is -0.101. The van der Waals surface area contributed by atoms with E-state index in [0.29, 0.717) is 0 Å². The van der Waals surface area contributed by atoms with Crippen molar-refractivity contribution in [2.75, 3.05) is 18.5 Å². The van der Waals surface area contributed by atoms with E-state index in [0.717, 1.165) is 29.7 Å². The third kappa shape index (κ3) is 1.53. The summed E-state index contributed by atoms with van der Waals surface area (Å²) >= 11 is 0. The van der Waals surface area contributed by atoms with Gasteiger partial charge in [-0.25, -0.2) is 4.98 Å². The van der Waals surface area contributed by atoms with Crippen LogP contribution in [0, 0.1) is 0 Å². The van der Waals surface area contributed by atoms with E-state index < -0.39 is 0 Å². The number of aromatic nitrogens is 3. The monoisotopic (exact) mass is 245 g/mol. The largest absolute Gasteiger partial charge is 0.362 e. The molecule has 0 saturated carbocycles. The summed E-state index contributed by atoms with van der Waals surface area (Å²) in [5.74, 6) is 0.0892. The second kappa shape index (κ2) is 3.97. The Morgan fingerprint density at radius 2 is 2.39 bits per heavy atom. The van der Waals surface area contributed by atoms with Crippen molar-refractivity contribution >= 4 is 22.6 Å². The fourth-order valence-corrected chi connectivity index (χ4v) is 2.46. The number of aryl methyl sites for hydroxylation is 1. The summed E-state index contributed by atoms with van der Waals surface area (Å²) in [6.07, 6.45) is 4.38. The fraction of sp³-hybridized carbons (Fsp3) is 0.417. The molecule has 1 unspecified atom stereocenters. The van der Waals surface area contributed by atoms with Gasteiger partial charge in [-0.15, -0.1) is 0 Å². The Labute approximate surface area is 105 Å². The zero-order chi connectivity index (χ0) is 12.7. The van der Waals surface area contributed by atoms with Gasteiger partial charge in [-0.3, -0.25) is 9.48 Å². The molecule has 1 saturated heterocycles. The van der Waals surface area contributed by atoms with E-state index in [1.54, 1.807) is 17.1 Å². The molecule has 18 heavy (non-hydrogen) atoms. The molecule has 0 spiro atoms. The smallest absolute Gasteiger partial charge is 0.242 e. The van der Waals surface area contributed by atoms with Crippen LogP contribution in [-0.2, 0) is 11.8 Å². The van der Waals surface area contributed by atoms with Gasteiger partial charge in [0.2, 0.25) is 5.91 Å². The summed E-state index contributed by atoms with van der Waals surface area (Å²) in [5.41, 5.74) is 1.83. The molecule has 2 aromatic heterocycles. The van der Waals surface area contributed by atoms with E-state index in [9.17, 15) is 4.79 Å². The highest BCUT2D eigenvalue weighted by Crippen LogP contribution is 2.26. The summed E-state index contributed by atoms with van der Waals surface area (Å²) in [5, 5.41) is 8.04. The molecule has 6 nitrogen and oxygen atoms in total. The Morgan fingerprint density at radius 1 is 1.56 bits per heavy atom. The molecule has 0 bridgehead atoms. The summed E-state index contributed by atoms with van der Waals surface area (Å²) < 4.78 is 1.74. The van der Waals surface area contributed by atoms with Crippen LogP contribution < -0.4 is 10.2 Å². The number of likely N-dealkylation sites (N-methyl/N-ethyl adjacent to an activating group) is 1. The minimum Gasteiger partial charge on any atom is -0.362 e. The molecule has 0 radical (unpaired) electrons. The van der Waals surface area contributed by atoms with E-state index in [1.807, 2.05) is 25.1 Å². The molecule has 1 N–H and O–H groups in total. The van der Waals surface area contributed by atoms with Crippen molar-refractivity contribution in [3.05, 3.63) is 18.5 Å². The van der Waals surface area contributed by atoms with Gasteiger partial charge in [0, 0.05) is 26.8 Å². The molecule has 3 rings (SSSR count). The highest BCUT2D eigenvalue weighted by molar-refractivity contribution is 5.93. The first kappa shape index (κ1) is 11.0. The minimum absolute atomic E-state index is 0.0892. The topological polar surface area (TPSA) is 63.1 Å². The number of carbonyl (C=O) groups excluding carboxylic acids is 1. The highest BCUT2D eigenvalue weighted by atomic mass is 16.2. The molecular formula is C12H15N5O. The third-order valence-electron chi connectivity index (χ3n) is 3.48. The van der Waals surface area contributed by atoms with Gasteiger partial charge in [0.25, 0.3) is 0 Å². The Morgan fingerprint density at radius 3 is 3.11 bits per heavy atom. The van der Waals surface area contributed by atoms with Gasteiger partial charge >= 0.3 is 0 Å². The first-order valence-electron chi connectivity index (χ1n) is 5.96. The Balaban J connectivity index is 2.06. The Bertz CT molecular complexity index is 606. The van der Waals surface area contributed by atoms with Crippen molar-refractivity contribution in [3.63, 3.8) is 0 Å². The van der Waals surface area contributed by atoms with E-state index in [-0.39, 0.29) is 11.9 Å². The zero-order valence-corrected chi connectivity index (χ0v) is 10.4. The number of hydrogen-bond acceptors (Lipinski definition) is 4. The number of carbonyl (C=O) groups is 1. The number of fused-ring (bicyclic) bond motifs is 1. The maximum Gasteiger partial charge on any atom is 0.242 e. The van der Waals surface area contributed by atoms with Crippen LogP contribution in [0.4, 0.5) is 5.69 Å². The quantitative estimate of drug-likeness (QED) is 0.826. The van der Waals surface area contributed by atoms with Crippen LogP contribution in [0.5, 0.6) is 0 Å². The highest BCUT2D eigenvalue weighted by Gasteiger charge is 2.29. The Hall–Kier alpha value is -2.11.